The van der Waals surface area contributed by atoms with Gasteiger partial charge < -0.3 is 4.90 Å². The van der Waals surface area contributed by atoms with E-state index in [1.165, 1.54) is 12.1 Å². The summed E-state index contributed by atoms with van der Waals surface area (Å²) in [5, 5.41) is 0.00744. The molecule has 2 rings (SSSR count). The summed E-state index contributed by atoms with van der Waals surface area (Å²) in [5.74, 6) is -1.99. The number of anilines is 1. The number of Topliss-reactive ketones (excluding diaryl/α,β-unsaturated/α-hetero) is 1. The Kier molecular flexibility index (Phi) is 3.49. The number of fused-ring (bicyclic) bond motifs is 1. The van der Waals surface area contributed by atoms with Crippen molar-refractivity contribution in [1.29, 1.82) is 0 Å². The Labute approximate surface area is 115 Å². The number of alkyl halides is 3. The molecular weight excluding hydrogens is 306 g/mol. The van der Waals surface area contributed by atoms with Crippen molar-refractivity contribution in [3.63, 3.8) is 0 Å². The van der Waals surface area contributed by atoms with E-state index in [0.717, 1.165) is 4.90 Å². The van der Waals surface area contributed by atoms with Gasteiger partial charge in [-0.1, -0.05) is 23.2 Å². The zero-order valence-corrected chi connectivity index (χ0v) is 10.7. The molecule has 0 saturated heterocycles. The van der Waals surface area contributed by atoms with E-state index in [1.54, 1.807) is 0 Å². The van der Waals surface area contributed by atoms with E-state index in [9.17, 15) is 22.8 Å². The maximum Gasteiger partial charge on any atom is 0.390 e. The number of carbonyl (C=O) groups is 2. The minimum absolute atomic E-state index is 0.00717. The molecule has 0 saturated carbocycles. The fraction of sp³-hybridized carbons (Fsp3) is 0.273. The van der Waals surface area contributed by atoms with Crippen LogP contribution in [-0.2, 0) is 4.79 Å². The first-order valence-electron chi connectivity index (χ1n) is 5.13. The molecule has 19 heavy (non-hydrogen) atoms. The second kappa shape index (κ2) is 4.68. The Balaban J connectivity index is 2.42. The van der Waals surface area contributed by atoms with Gasteiger partial charge in [-0.25, -0.2) is 0 Å². The maximum absolute atomic E-state index is 12.2. The number of carbonyl (C=O) groups excluding carboxylic acids is 2. The summed E-state index contributed by atoms with van der Waals surface area (Å²) in [5.41, 5.74) is -0.185. The van der Waals surface area contributed by atoms with Crippen LogP contribution in [0.1, 0.15) is 16.8 Å². The Hall–Kier alpha value is -1.27. The van der Waals surface area contributed by atoms with E-state index in [4.69, 9.17) is 23.2 Å². The van der Waals surface area contributed by atoms with E-state index in [-0.39, 0.29) is 21.3 Å². The molecule has 0 N–H and O–H groups in total. The van der Waals surface area contributed by atoms with Gasteiger partial charge in [0.25, 0.3) is 11.7 Å². The average Bonchev–Trinajstić information content (AvgIpc) is 2.55. The third kappa shape index (κ3) is 2.55. The van der Waals surface area contributed by atoms with Gasteiger partial charge in [0.2, 0.25) is 0 Å². The fourth-order valence-corrected chi connectivity index (χ4v) is 2.30. The molecular formula is C11H6Cl2F3NO2. The molecule has 0 aromatic heterocycles. The van der Waals surface area contributed by atoms with Gasteiger partial charge in [-0.05, 0) is 12.1 Å². The van der Waals surface area contributed by atoms with Crippen LogP contribution in [0.4, 0.5) is 18.9 Å². The molecule has 0 radical (unpaired) electrons. The van der Waals surface area contributed by atoms with Crippen molar-refractivity contribution in [3.05, 3.63) is 27.7 Å². The molecule has 0 fully saturated rings. The highest BCUT2D eigenvalue weighted by Crippen LogP contribution is 2.40. The summed E-state index contributed by atoms with van der Waals surface area (Å²) in [6, 6.07) is 2.65. The van der Waals surface area contributed by atoms with Crippen molar-refractivity contribution in [2.45, 2.75) is 12.6 Å². The van der Waals surface area contributed by atoms with Crippen molar-refractivity contribution in [2.75, 3.05) is 11.4 Å². The Morgan fingerprint density at radius 1 is 1.11 bits per heavy atom. The molecule has 102 valence electrons. The third-order valence-corrected chi connectivity index (χ3v) is 3.25. The van der Waals surface area contributed by atoms with Crippen molar-refractivity contribution in [3.8, 4) is 0 Å². The molecule has 3 nitrogen and oxygen atoms in total. The Morgan fingerprint density at radius 3 is 2.26 bits per heavy atom. The quantitative estimate of drug-likeness (QED) is 0.784. The number of hydrogen-bond donors (Lipinski definition) is 0. The standard InChI is InChI=1S/C11H6Cl2F3NO2/c12-5-1-2-6(13)8-7(5)9(18)10(19)17(8)4-3-11(14,15)16/h1-2H,3-4H2. The number of nitrogens with zero attached hydrogens (tertiary/aromatic N) is 1. The van der Waals surface area contributed by atoms with Gasteiger partial charge in [-0.15, -0.1) is 0 Å². The lowest BCUT2D eigenvalue weighted by Gasteiger charge is -2.18. The molecule has 1 aliphatic rings. The topological polar surface area (TPSA) is 37.4 Å². The van der Waals surface area contributed by atoms with E-state index >= 15 is 0 Å². The van der Waals surface area contributed by atoms with Gasteiger partial charge in [-0.3, -0.25) is 9.59 Å². The van der Waals surface area contributed by atoms with Crippen LogP contribution in [0.15, 0.2) is 12.1 Å². The summed E-state index contributed by atoms with van der Waals surface area (Å²) < 4.78 is 36.6. The van der Waals surface area contributed by atoms with Crippen molar-refractivity contribution >= 4 is 40.6 Å². The van der Waals surface area contributed by atoms with Gasteiger partial charge in [0, 0.05) is 6.54 Å². The highest BCUT2D eigenvalue weighted by Gasteiger charge is 2.41. The van der Waals surface area contributed by atoms with Gasteiger partial charge in [0.15, 0.2) is 0 Å². The van der Waals surface area contributed by atoms with Gasteiger partial charge in [0.05, 0.1) is 27.7 Å². The lowest BCUT2D eigenvalue weighted by Crippen LogP contribution is -2.33. The molecule has 1 amide bonds. The van der Waals surface area contributed by atoms with Crippen LogP contribution in [-0.4, -0.2) is 24.4 Å². The summed E-state index contributed by atoms with van der Waals surface area (Å²) in [4.78, 5) is 24.1. The van der Waals surface area contributed by atoms with Crippen molar-refractivity contribution < 1.29 is 22.8 Å². The van der Waals surface area contributed by atoms with Crippen LogP contribution in [0, 0.1) is 0 Å². The largest absolute Gasteiger partial charge is 0.390 e. The third-order valence-electron chi connectivity index (χ3n) is 2.63. The highest BCUT2D eigenvalue weighted by molar-refractivity contribution is 6.56. The number of amides is 1. The molecule has 0 bridgehead atoms. The minimum atomic E-state index is -4.43. The summed E-state index contributed by atoms with van der Waals surface area (Å²) in [6.45, 7) is -0.666. The van der Waals surface area contributed by atoms with Crippen LogP contribution in [0.25, 0.3) is 0 Å². The molecule has 1 aromatic carbocycles. The molecule has 1 aromatic rings. The molecule has 0 spiro atoms. The van der Waals surface area contributed by atoms with Crippen LogP contribution in [0.3, 0.4) is 0 Å². The smallest absolute Gasteiger partial charge is 0.303 e. The zero-order chi connectivity index (χ0) is 14.4. The fourth-order valence-electron chi connectivity index (χ4n) is 1.80. The Morgan fingerprint density at radius 2 is 1.68 bits per heavy atom. The van der Waals surface area contributed by atoms with Crippen LogP contribution >= 0.6 is 23.2 Å². The number of halogens is 5. The monoisotopic (exact) mass is 311 g/mol. The van der Waals surface area contributed by atoms with Gasteiger partial charge in [-0.2, -0.15) is 13.2 Å². The van der Waals surface area contributed by atoms with Crippen molar-refractivity contribution in [2.24, 2.45) is 0 Å². The second-order valence-electron chi connectivity index (χ2n) is 3.90. The number of hydrogen-bond acceptors (Lipinski definition) is 2. The first-order chi connectivity index (χ1) is 8.72. The maximum atomic E-state index is 12.2. The number of rotatable bonds is 2. The first kappa shape index (κ1) is 14.1. The first-order valence-corrected chi connectivity index (χ1v) is 5.89. The molecule has 1 heterocycles. The molecule has 1 aliphatic heterocycles. The van der Waals surface area contributed by atoms with Crippen LogP contribution < -0.4 is 4.90 Å². The van der Waals surface area contributed by atoms with E-state index in [2.05, 4.69) is 0 Å². The van der Waals surface area contributed by atoms with Crippen molar-refractivity contribution in [1.82, 2.24) is 0 Å². The van der Waals surface area contributed by atoms with Gasteiger partial charge in [0.1, 0.15) is 0 Å². The highest BCUT2D eigenvalue weighted by atomic mass is 35.5. The minimum Gasteiger partial charge on any atom is -0.303 e. The van der Waals surface area contributed by atoms with Crippen LogP contribution in [0.5, 0.6) is 0 Å². The number of benzene rings is 1. The Bertz CT molecular complexity index is 572. The predicted octanol–water partition coefficient (Wildman–Crippen LogP) is 3.48. The molecule has 0 atom stereocenters. The lowest BCUT2D eigenvalue weighted by molar-refractivity contribution is -0.133. The van der Waals surface area contributed by atoms with E-state index < -0.39 is 30.8 Å². The normalized spacial score (nSPS) is 15.1. The summed E-state index contributed by atoms with van der Waals surface area (Å²) in [7, 11) is 0. The second-order valence-corrected chi connectivity index (χ2v) is 4.72. The average molecular weight is 312 g/mol. The predicted molar refractivity (Wildman–Crippen MR) is 63.8 cm³/mol. The summed E-state index contributed by atoms with van der Waals surface area (Å²) in [6.07, 6.45) is -5.66. The van der Waals surface area contributed by atoms with Crippen LogP contribution in [0.2, 0.25) is 10.0 Å². The summed E-state index contributed by atoms with van der Waals surface area (Å²) >= 11 is 11.6. The number of ketones is 1. The zero-order valence-electron chi connectivity index (χ0n) is 9.22. The molecule has 0 aliphatic carbocycles. The SMILES string of the molecule is O=C1C(=O)N(CCC(F)(F)F)c2c(Cl)ccc(Cl)c21. The van der Waals surface area contributed by atoms with E-state index in [1.807, 2.05) is 0 Å². The molecule has 8 heteroatoms. The van der Waals surface area contributed by atoms with E-state index in [0.29, 0.717) is 0 Å². The lowest BCUT2D eigenvalue weighted by atomic mass is 10.1. The molecule has 0 unspecified atom stereocenters. The van der Waals surface area contributed by atoms with Gasteiger partial charge >= 0.3 is 6.18 Å².